The van der Waals surface area contributed by atoms with Gasteiger partial charge in [-0.05, 0) is 18.6 Å². The number of carboxylic acids is 1. The number of nitrogens with zero attached hydrogens (tertiary/aromatic N) is 2. The Morgan fingerprint density at radius 3 is 2.42 bits per heavy atom. The number of carbonyl (C=O) groups is 2. The van der Waals surface area contributed by atoms with Crippen molar-refractivity contribution in [2.45, 2.75) is 19.8 Å². The fraction of sp³-hybridized carbons (Fsp3) is 0.167. The number of carboxylic acid groups (broad SMARTS) is 1. The van der Waals surface area contributed by atoms with Gasteiger partial charge in [0.25, 0.3) is 11.6 Å². The van der Waals surface area contributed by atoms with Gasteiger partial charge >= 0.3 is 5.97 Å². The molecule has 1 amide bonds. The van der Waals surface area contributed by atoms with Crippen LogP contribution in [0.2, 0.25) is 0 Å². The summed E-state index contributed by atoms with van der Waals surface area (Å²) >= 11 is 0. The third-order valence-corrected chi connectivity index (χ3v) is 3.64. The molecule has 0 radical (unpaired) electrons. The van der Waals surface area contributed by atoms with Crippen LogP contribution in [0.15, 0.2) is 53.6 Å². The van der Waals surface area contributed by atoms with Gasteiger partial charge in [0.05, 0.1) is 17.1 Å². The second-order valence-electron chi connectivity index (χ2n) is 5.52. The number of hydrogen-bond donors (Lipinski definition) is 2. The van der Waals surface area contributed by atoms with Crippen molar-refractivity contribution in [3.8, 4) is 0 Å². The topological polar surface area (TPSA) is 122 Å². The van der Waals surface area contributed by atoms with Crippen molar-refractivity contribution in [3.05, 3.63) is 75.3 Å². The number of rotatable bonds is 7. The molecule has 2 aromatic carbocycles. The number of aliphatic carboxylic acids is 1. The minimum atomic E-state index is -0.978. The van der Waals surface area contributed by atoms with Crippen LogP contribution in [0, 0.1) is 17.0 Å². The maximum atomic E-state index is 12.2. The lowest BCUT2D eigenvalue weighted by atomic mass is 10.1. The molecule has 8 nitrogen and oxygen atoms in total. The van der Waals surface area contributed by atoms with Crippen molar-refractivity contribution >= 4 is 23.3 Å². The van der Waals surface area contributed by atoms with Crippen LogP contribution in [-0.2, 0) is 4.79 Å². The average Bonchev–Trinajstić information content (AvgIpc) is 2.62. The van der Waals surface area contributed by atoms with Crippen molar-refractivity contribution in [1.29, 1.82) is 0 Å². The van der Waals surface area contributed by atoms with Gasteiger partial charge in [-0.2, -0.15) is 5.10 Å². The number of nitro groups is 1. The van der Waals surface area contributed by atoms with Crippen LogP contribution in [0.1, 0.15) is 34.3 Å². The Morgan fingerprint density at radius 2 is 1.81 bits per heavy atom. The number of carbonyl (C=O) groups excluding carboxylic acids is 1. The van der Waals surface area contributed by atoms with Gasteiger partial charge in [-0.3, -0.25) is 19.7 Å². The van der Waals surface area contributed by atoms with Crippen molar-refractivity contribution in [2.75, 3.05) is 0 Å². The molecule has 0 aliphatic heterocycles. The van der Waals surface area contributed by atoms with E-state index in [-0.39, 0.29) is 24.1 Å². The molecule has 0 unspecified atom stereocenters. The second kappa shape index (κ2) is 8.52. The van der Waals surface area contributed by atoms with Crippen molar-refractivity contribution < 1.29 is 19.6 Å². The molecule has 2 N–H and O–H groups in total. The highest BCUT2D eigenvalue weighted by atomic mass is 16.6. The molecule has 0 heterocycles. The number of hydrazone groups is 1. The number of hydrogen-bond acceptors (Lipinski definition) is 5. The van der Waals surface area contributed by atoms with Gasteiger partial charge in [0, 0.05) is 23.6 Å². The summed E-state index contributed by atoms with van der Waals surface area (Å²) in [5.41, 5.74) is 3.81. The molecule has 0 aliphatic carbocycles. The lowest BCUT2D eigenvalue weighted by molar-refractivity contribution is -0.385. The number of nitrogens with one attached hydrogen (secondary N) is 1. The SMILES string of the molecule is Cc1ccc(C(=O)N/N=C(/CCC(=O)O)c2ccccc2)cc1[N+](=O)[O-]. The average molecular weight is 355 g/mol. The molecule has 0 bridgehead atoms. The van der Waals surface area contributed by atoms with Gasteiger partial charge < -0.3 is 5.11 Å². The van der Waals surface area contributed by atoms with Gasteiger partial charge in [-0.25, -0.2) is 5.43 Å². The Bertz CT molecular complexity index is 862. The summed E-state index contributed by atoms with van der Waals surface area (Å²) < 4.78 is 0. The molecule has 2 aromatic rings. The first kappa shape index (κ1) is 18.8. The van der Waals surface area contributed by atoms with Crippen LogP contribution in [0.25, 0.3) is 0 Å². The normalized spacial score (nSPS) is 11.0. The first-order valence-electron chi connectivity index (χ1n) is 7.77. The molecule has 0 aliphatic rings. The molecule has 0 atom stereocenters. The molecule has 134 valence electrons. The number of benzene rings is 2. The fourth-order valence-electron chi connectivity index (χ4n) is 2.25. The minimum absolute atomic E-state index is 0.0942. The Hall–Kier alpha value is -3.55. The number of nitro benzene ring substituents is 1. The second-order valence-corrected chi connectivity index (χ2v) is 5.52. The van der Waals surface area contributed by atoms with Crippen LogP contribution < -0.4 is 5.43 Å². The van der Waals surface area contributed by atoms with Gasteiger partial charge in [-0.1, -0.05) is 36.4 Å². The van der Waals surface area contributed by atoms with Crippen LogP contribution >= 0.6 is 0 Å². The van der Waals surface area contributed by atoms with E-state index in [2.05, 4.69) is 10.5 Å². The zero-order valence-electron chi connectivity index (χ0n) is 14.0. The van der Waals surface area contributed by atoms with E-state index >= 15 is 0 Å². The quantitative estimate of drug-likeness (QED) is 0.449. The molecular formula is C18H17N3O5. The molecule has 0 aromatic heterocycles. The third kappa shape index (κ3) is 4.97. The van der Waals surface area contributed by atoms with E-state index in [9.17, 15) is 19.7 Å². The summed E-state index contributed by atoms with van der Waals surface area (Å²) in [5.74, 6) is -1.59. The first-order chi connectivity index (χ1) is 12.4. The van der Waals surface area contributed by atoms with Crippen molar-refractivity contribution in [3.63, 3.8) is 0 Å². The Labute approximate surface area is 149 Å². The first-order valence-corrected chi connectivity index (χ1v) is 7.77. The van der Waals surface area contributed by atoms with Crippen molar-refractivity contribution in [2.24, 2.45) is 5.10 Å². The van der Waals surface area contributed by atoms with E-state index < -0.39 is 16.8 Å². The third-order valence-electron chi connectivity index (χ3n) is 3.64. The molecule has 8 heteroatoms. The summed E-state index contributed by atoms with van der Waals surface area (Å²) in [6.07, 6.45) is -0.00667. The summed E-state index contributed by atoms with van der Waals surface area (Å²) in [5, 5.41) is 23.9. The minimum Gasteiger partial charge on any atom is -0.481 e. The highest BCUT2D eigenvalue weighted by molar-refractivity contribution is 6.03. The van der Waals surface area contributed by atoms with Crippen LogP contribution in [0.4, 0.5) is 5.69 Å². The molecule has 0 spiro atoms. The molecule has 26 heavy (non-hydrogen) atoms. The largest absolute Gasteiger partial charge is 0.481 e. The molecule has 2 rings (SSSR count). The van der Waals surface area contributed by atoms with E-state index in [1.54, 1.807) is 31.2 Å². The van der Waals surface area contributed by atoms with Crippen LogP contribution in [0.3, 0.4) is 0 Å². The Morgan fingerprint density at radius 1 is 1.12 bits per heavy atom. The zero-order chi connectivity index (χ0) is 19.1. The van der Waals surface area contributed by atoms with Gasteiger partial charge in [0.15, 0.2) is 0 Å². The van der Waals surface area contributed by atoms with E-state index in [0.29, 0.717) is 16.8 Å². The summed E-state index contributed by atoms with van der Waals surface area (Å²) in [6.45, 7) is 1.58. The van der Waals surface area contributed by atoms with Crippen LogP contribution in [0.5, 0.6) is 0 Å². The Balaban J connectivity index is 2.23. The monoisotopic (exact) mass is 355 g/mol. The standard InChI is InChI=1S/C18H17N3O5/c1-12-7-8-14(11-16(12)21(25)26)18(24)20-19-15(9-10-17(22)23)13-5-3-2-4-6-13/h2-8,11H,9-10H2,1H3,(H,20,24)(H,22,23)/b19-15-. The number of amides is 1. The van der Waals surface area contributed by atoms with E-state index in [0.717, 1.165) is 0 Å². The van der Waals surface area contributed by atoms with Gasteiger partial charge in [0.2, 0.25) is 0 Å². The fourth-order valence-corrected chi connectivity index (χ4v) is 2.25. The van der Waals surface area contributed by atoms with E-state index in [4.69, 9.17) is 5.11 Å². The summed E-state index contributed by atoms with van der Waals surface area (Å²) in [7, 11) is 0. The number of aryl methyl sites for hydroxylation is 1. The lowest BCUT2D eigenvalue weighted by Crippen LogP contribution is -2.20. The maximum Gasteiger partial charge on any atom is 0.303 e. The summed E-state index contributed by atoms with van der Waals surface area (Å²) in [4.78, 5) is 33.5. The van der Waals surface area contributed by atoms with Crippen LogP contribution in [-0.4, -0.2) is 27.6 Å². The molecular weight excluding hydrogens is 338 g/mol. The van der Waals surface area contributed by atoms with Gasteiger partial charge in [0.1, 0.15) is 0 Å². The van der Waals surface area contributed by atoms with Gasteiger partial charge in [-0.15, -0.1) is 0 Å². The zero-order valence-corrected chi connectivity index (χ0v) is 14.0. The predicted molar refractivity (Wildman–Crippen MR) is 95.1 cm³/mol. The highest BCUT2D eigenvalue weighted by Crippen LogP contribution is 2.19. The smallest absolute Gasteiger partial charge is 0.303 e. The highest BCUT2D eigenvalue weighted by Gasteiger charge is 2.15. The lowest BCUT2D eigenvalue weighted by Gasteiger charge is -2.07. The summed E-state index contributed by atoms with van der Waals surface area (Å²) in [6, 6.07) is 13.0. The molecule has 0 saturated carbocycles. The predicted octanol–water partition coefficient (Wildman–Crippen LogP) is 2.90. The van der Waals surface area contributed by atoms with E-state index in [1.807, 2.05) is 6.07 Å². The molecule has 0 saturated heterocycles. The maximum absolute atomic E-state index is 12.2. The van der Waals surface area contributed by atoms with E-state index in [1.165, 1.54) is 18.2 Å². The molecule has 0 fully saturated rings. The Kier molecular flexibility index (Phi) is 6.15. The van der Waals surface area contributed by atoms with Crippen molar-refractivity contribution in [1.82, 2.24) is 5.43 Å².